The number of nitrogens with zero attached hydrogens (tertiary/aromatic N) is 3. The Labute approximate surface area is 122 Å². The van der Waals surface area contributed by atoms with Crippen LogP contribution in [0.5, 0.6) is 0 Å². The molecule has 1 aliphatic rings. The molecule has 0 bridgehead atoms. The van der Waals surface area contributed by atoms with E-state index in [1.807, 2.05) is 25.3 Å². The van der Waals surface area contributed by atoms with Crippen LogP contribution in [0.15, 0.2) is 30.6 Å². The molecule has 0 saturated carbocycles. The van der Waals surface area contributed by atoms with Crippen molar-refractivity contribution in [3.05, 3.63) is 47.7 Å². The van der Waals surface area contributed by atoms with Gasteiger partial charge in [0.25, 0.3) is 0 Å². The average Bonchev–Trinajstić information content (AvgIpc) is 2.94. The molecule has 0 saturated heterocycles. The molecule has 0 aliphatic heterocycles. The summed E-state index contributed by atoms with van der Waals surface area (Å²) in [5, 5.41) is 3.57. The standard InChI is InChI=1S/C16H17N5/c1-10-19-14-3-2-7-18-15(14)16(20-10)21-12-4-5-13-11(9-12)6-8-17-13/h2-3,6-8,12,17H,4-5,9H2,1H3,(H,19,20,21). The number of anilines is 1. The first-order valence-electron chi connectivity index (χ1n) is 7.30. The van der Waals surface area contributed by atoms with Gasteiger partial charge in [0.1, 0.15) is 11.3 Å². The average molecular weight is 279 g/mol. The summed E-state index contributed by atoms with van der Waals surface area (Å²) >= 11 is 0. The zero-order valence-corrected chi connectivity index (χ0v) is 11.9. The fourth-order valence-electron chi connectivity index (χ4n) is 3.05. The predicted molar refractivity (Wildman–Crippen MR) is 82.3 cm³/mol. The van der Waals surface area contributed by atoms with E-state index in [4.69, 9.17) is 0 Å². The van der Waals surface area contributed by atoms with E-state index in [1.54, 1.807) is 6.20 Å². The van der Waals surface area contributed by atoms with E-state index in [1.165, 1.54) is 11.3 Å². The maximum atomic E-state index is 4.55. The first-order chi connectivity index (χ1) is 10.3. The lowest BCUT2D eigenvalue weighted by Gasteiger charge is -2.24. The molecule has 3 heterocycles. The Hall–Kier alpha value is -2.43. The number of fused-ring (bicyclic) bond motifs is 2. The number of hydrogen-bond acceptors (Lipinski definition) is 4. The zero-order chi connectivity index (χ0) is 14.2. The summed E-state index contributed by atoms with van der Waals surface area (Å²) in [7, 11) is 0. The molecule has 0 fully saturated rings. The fraction of sp³-hybridized carbons (Fsp3) is 0.312. The molecule has 3 aromatic heterocycles. The Bertz CT molecular complexity index is 792. The Morgan fingerprint density at radius 3 is 3.19 bits per heavy atom. The molecule has 4 rings (SSSR count). The number of pyridine rings is 1. The molecular weight excluding hydrogens is 262 g/mol. The van der Waals surface area contributed by atoms with Gasteiger partial charge in [0, 0.05) is 24.1 Å². The summed E-state index contributed by atoms with van der Waals surface area (Å²) in [6.07, 6.45) is 7.02. The van der Waals surface area contributed by atoms with Crippen LogP contribution in [-0.4, -0.2) is 26.0 Å². The normalized spacial score (nSPS) is 17.7. The Kier molecular flexibility index (Phi) is 2.84. The van der Waals surface area contributed by atoms with Crippen molar-refractivity contribution < 1.29 is 0 Å². The first kappa shape index (κ1) is 12.3. The van der Waals surface area contributed by atoms with Crippen LogP contribution in [0.1, 0.15) is 23.5 Å². The largest absolute Gasteiger partial charge is 0.365 e. The van der Waals surface area contributed by atoms with E-state index in [9.17, 15) is 0 Å². The van der Waals surface area contributed by atoms with Crippen molar-refractivity contribution in [1.29, 1.82) is 0 Å². The summed E-state index contributed by atoms with van der Waals surface area (Å²) < 4.78 is 0. The summed E-state index contributed by atoms with van der Waals surface area (Å²) in [4.78, 5) is 16.7. The SMILES string of the molecule is Cc1nc(NC2CCc3[nH]ccc3C2)c2ncccc2n1. The van der Waals surface area contributed by atoms with E-state index in [0.717, 1.165) is 41.9 Å². The summed E-state index contributed by atoms with van der Waals surface area (Å²) in [6, 6.07) is 6.45. The van der Waals surface area contributed by atoms with E-state index in [0.29, 0.717) is 6.04 Å². The molecule has 1 unspecified atom stereocenters. The van der Waals surface area contributed by atoms with Crippen LogP contribution in [0.4, 0.5) is 5.82 Å². The predicted octanol–water partition coefficient (Wildman–Crippen LogP) is 2.63. The quantitative estimate of drug-likeness (QED) is 0.756. The highest BCUT2D eigenvalue weighted by Crippen LogP contribution is 2.24. The third-order valence-electron chi connectivity index (χ3n) is 4.05. The minimum absolute atomic E-state index is 0.396. The van der Waals surface area contributed by atoms with E-state index in [2.05, 4.69) is 31.3 Å². The highest BCUT2D eigenvalue weighted by Gasteiger charge is 2.20. The maximum Gasteiger partial charge on any atom is 0.156 e. The topological polar surface area (TPSA) is 66.5 Å². The van der Waals surface area contributed by atoms with Gasteiger partial charge in [-0.15, -0.1) is 0 Å². The number of rotatable bonds is 2. The van der Waals surface area contributed by atoms with Crippen LogP contribution in [0.3, 0.4) is 0 Å². The van der Waals surface area contributed by atoms with Crippen molar-refractivity contribution in [1.82, 2.24) is 19.9 Å². The van der Waals surface area contributed by atoms with Crippen molar-refractivity contribution in [3.8, 4) is 0 Å². The Balaban J connectivity index is 1.66. The molecule has 3 aromatic rings. The molecule has 0 amide bonds. The van der Waals surface area contributed by atoms with Gasteiger partial charge < -0.3 is 10.3 Å². The number of hydrogen-bond donors (Lipinski definition) is 2. The molecule has 5 nitrogen and oxygen atoms in total. The van der Waals surface area contributed by atoms with Crippen LogP contribution in [0.25, 0.3) is 11.0 Å². The lowest BCUT2D eigenvalue weighted by molar-refractivity contribution is 0.603. The van der Waals surface area contributed by atoms with E-state index >= 15 is 0 Å². The van der Waals surface area contributed by atoms with Crippen LogP contribution in [0, 0.1) is 6.92 Å². The molecule has 1 aliphatic carbocycles. The van der Waals surface area contributed by atoms with E-state index in [-0.39, 0.29) is 0 Å². The van der Waals surface area contributed by atoms with Crippen LogP contribution in [-0.2, 0) is 12.8 Å². The van der Waals surface area contributed by atoms with Gasteiger partial charge in [0.05, 0.1) is 5.52 Å². The van der Waals surface area contributed by atoms with Gasteiger partial charge in [0.2, 0.25) is 0 Å². The molecule has 5 heteroatoms. The molecule has 0 spiro atoms. The van der Waals surface area contributed by atoms with E-state index < -0.39 is 0 Å². The first-order valence-corrected chi connectivity index (χ1v) is 7.30. The molecule has 2 N–H and O–H groups in total. The van der Waals surface area contributed by atoms with Gasteiger partial charge in [-0.3, -0.25) is 4.98 Å². The lowest BCUT2D eigenvalue weighted by Crippen LogP contribution is -2.27. The van der Waals surface area contributed by atoms with Crippen molar-refractivity contribution in [3.63, 3.8) is 0 Å². The monoisotopic (exact) mass is 279 g/mol. The van der Waals surface area contributed by atoms with Gasteiger partial charge in [0.15, 0.2) is 5.82 Å². The Morgan fingerprint density at radius 1 is 1.29 bits per heavy atom. The lowest BCUT2D eigenvalue weighted by atomic mass is 9.93. The number of aromatic amines is 1. The Morgan fingerprint density at radius 2 is 2.24 bits per heavy atom. The van der Waals surface area contributed by atoms with Crippen molar-refractivity contribution in [2.75, 3.05) is 5.32 Å². The smallest absolute Gasteiger partial charge is 0.156 e. The van der Waals surface area contributed by atoms with Crippen molar-refractivity contribution in [2.45, 2.75) is 32.2 Å². The van der Waals surface area contributed by atoms with Crippen molar-refractivity contribution >= 4 is 16.9 Å². The number of aromatic nitrogens is 4. The third-order valence-corrected chi connectivity index (χ3v) is 4.05. The fourth-order valence-corrected chi connectivity index (χ4v) is 3.05. The molecule has 0 aromatic carbocycles. The number of nitrogens with one attached hydrogen (secondary N) is 2. The third kappa shape index (κ3) is 2.24. The summed E-state index contributed by atoms with van der Waals surface area (Å²) in [6.45, 7) is 1.92. The van der Waals surface area contributed by atoms with Gasteiger partial charge in [-0.1, -0.05) is 0 Å². The second kappa shape index (κ2) is 4.84. The second-order valence-electron chi connectivity index (χ2n) is 5.56. The number of aryl methyl sites for hydroxylation is 2. The maximum absolute atomic E-state index is 4.55. The van der Waals surface area contributed by atoms with Crippen LogP contribution >= 0.6 is 0 Å². The highest BCUT2D eigenvalue weighted by molar-refractivity contribution is 5.84. The second-order valence-corrected chi connectivity index (χ2v) is 5.56. The van der Waals surface area contributed by atoms with Crippen LogP contribution < -0.4 is 5.32 Å². The molecular formula is C16H17N5. The minimum Gasteiger partial charge on any atom is -0.365 e. The molecule has 21 heavy (non-hydrogen) atoms. The molecule has 0 radical (unpaired) electrons. The zero-order valence-electron chi connectivity index (χ0n) is 11.9. The number of H-pyrrole nitrogens is 1. The summed E-state index contributed by atoms with van der Waals surface area (Å²) in [5.41, 5.74) is 4.52. The van der Waals surface area contributed by atoms with Gasteiger partial charge in [-0.25, -0.2) is 9.97 Å². The van der Waals surface area contributed by atoms with Crippen molar-refractivity contribution in [2.24, 2.45) is 0 Å². The van der Waals surface area contributed by atoms with Gasteiger partial charge in [-0.2, -0.15) is 0 Å². The summed E-state index contributed by atoms with van der Waals surface area (Å²) in [5.74, 6) is 1.62. The van der Waals surface area contributed by atoms with Crippen LogP contribution in [0.2, 0.25) is 0 Å². The molecule has 106 valence electrons. The van der Waals surface area contributed by atoms with Gasteiger partial charge >= 0.3 is 0 Å². The van der Waals surface area contributed by atoms with Gasteiger partial charge in [-0.05, 0) is 49.9 Å². The highest BCUT2D eigenvalue weighted by atomic mass is 15.1. The molecule has 1 atom stereocenters. The minimum atomic E-state index is 0.396.